The zero-order valence-electron chi connectivity index (χ0n) is 15.9. The molecule has 0 saturated carbocycles. The van der Waals surface area contributed by atoms with Gasteiger partial charge in [0.15, 0.2) is 5.16 Å². The molecule has 2 aromatic carbocycles. The maximum Gasteiger partial charge on any atom is 0.260 e. The Morgan fingerprint density at radius 2 is 1.93 bits per heavy atom. The number of hydrogen-bond acceptors (Lipinski definition) is 5. The number of rotatable bonds is 3. The summed E-state index contributed by atoms with van der Waals surface area (Å²) in [6, 6.07) is 14.4. The molecule has 2 amide bonds. The van der Waals surface area contributed by atoms with Crippen LogP contribution in [0.25, 0.3) is 16.8 Å². The summed E-state index contributed by atoms with van der Waals surface area (Å²) < 4.78 is 1.92. The number of carbonyl (C=O) groups is 2. The topological polar surface area (TPSA) is 83.4 Å². The molecule has 5 rings (SSSR count). The van der Waals surface area contributed by atoms with Gasteiger partial charge in [0.2, 0.25) is 11.7 Å². The molecule has 2 aromatic heterocycles. The first-order chi connectivity index (χ1) is 14.6. The van der Waals surface area contributed by atoms with Crippen LogP contribution in [0.1, 0.15) is 29.6 Å². The third-order valence-electron chi connectivity index (χ3n) is 5.23. The van der Waals surface area contributed by atoms with Gasteiger partial charge in [0.1, 0.15) is 0 Å². The summed E-state index contributed by atoms with van der Waals surface area (Å²) in [7, 11) is 0. The highest BCUT2D eigenvalue weighted by atomic mass is 35.5. The summed E-state index contributed by atoms with van der Waals surface area (Å²) >= 11 is 7.30. The van der Waals surface area contributed by atoms with E-state index in [4.69, 9.17) is 11.6 Å². The fraction of sp³-hybridized carbons (Fsp3) is 0.238. The van der Waals surface area contributed by atoms with Gasteiger partial charge in [-0.15, -0.1) is 5.10 Å². The summed E-state index contributed by atoms with van der Waals surface area (Å²) in [5.74, 6) is 0.163. The number of hydrogen-bond donors (Lipinski definition) is 1. The van der Waals surface area contributed by atoms with Crippen LogP contribution in [0.5, 0.6) is 0 Å². The molecule has 1 aliphatic heterocycles. The van der Waals surface area contributed by atoms with Gasteiger partial charge in [0, 0.05) is 17.1 Å². The van der Waals surface area contributed by atoms with Crippen molar-refractivity contribution < 1.29 is 9.59 Å². The van der Waals surface area contributed by atoms with Crippen molar-refractivity contribution in [3.63, 3.8) is 0 Å². The van der Waals surface area contributed by atoms with Crippen molar-refractivity contribution in [2.75, 3.05) is 6.54 Å². The van der Waals surface area contributed by atoms with Crippen LogP contribution in [0.2, 0.25) is 5.02 Å². The van der Waals surface area contributed by atoms with E-state index in [2.05, 4.69) is 15.2 Å². The van der Waals surface area contributed by atoms with E-state index in [-0.39, 0.29) is 11.8 Å². The van der Waals surface area contributed by atoms with Crippen LogP contribution in [0.15, 0.2) is 53.7 Å². The first-order valence-electron chi connectivity index (χ1n) is 9.71. The lowest BCUT2D eigenvalue weighted by molar-refractivity contribution is -0.127. The SMILES string of the molecule is O=C(c1ccc(Cl)cc1)N1CCCCC(Sc2n[nH]c3nc4ccccc4n23)C1=O. The molecular weight excluding hydrogens is 422 g/mol. The number of halogens is 1. The number of fused-ring (bicyclic) bond motifs is 3. The number of H-pyrrole nitrogens is 1. The number of nitrogens with zero attached hydrogens (tertiary/aromatic N) is 4. The fourth-order valence-corrected chi connectivity index (χ4v) is 5.00. The van der Waals surface area contributed by atoms with E-state index >= 15 is 0 Å². The summed E-state index contributed by atoms with van der Waals surface area (Å²) in [5, 5.41) is 8.14. The molecule has 152 valence electrons. The number of amides is 2. The van der Waals surface area contributed by atoms with Crippen LogP contribution in [0.4, 0.5) is 0 Å². The van der Waals surface area contributed by atoms with Crippen molar-refractivity contribution in [1.29, 1.82) is 0 Å². The molecule has 0 radical (unpaired) electrons. The highest BCUT2D eigenvalue weighted by Gasteiger charge is 2.33. The van der Waals surface area contributed by atoms with Crippen LogP contribution in [-0.2, 0) is 4.79 Å². The Hall–Kier alpha value is -2.84. The number of carbonyl (C=O) groups excluding carboxylic acids is 2. The quantitative estimate of drug-likeness (QED) is 0.484. The van der Waals surface area contributed by atoms with Crippen LogP contribution >= 0.6 is 23.4 Å². The average molecular weight is 440 g/mol. The molecule has 7 nitrogen and oxygen atoms in total. The largest absolute Gasteiger partial charge is 0.278 e. The molecule has 4 aromatic rings. The molecule has 30 heavy (non-hydrogen) atoms. The first kappa shape index (κ1) is 19.1. The Morgan fingerprint density at radius 3 is 2.77 bits per heavy atom. The van der Waals surface area contributed by atoms with Gasteiger partial charge in [-0.1, -0.05) is 41.9 Å². The number of aromatic amines is 1. The number of imide groups is 1. The zero-order valence-corrected chi connectivity index (χ0v) is 17.5. The maximum atomic E-state index is 13.3. The van der Waals surface area contributed by atoms with Gasteiger partial charge in [0.25, 0.3) is 5.91 Å². The average Bonchev–Trinajstić information content (AvgIpc) is 3.26. The number of aromatic nitrogens is 4. The van der Waals surface area contributed by atoms with Gasteiger partial charge in [-0.3, -0.25) is 18.9 Å². The van der Waals surface area contributed by atoms with Gasteiger partial charge in [0.05, 0.1) is 16.3 Å². The van der Waals surface area contributed by atoms with E-state index in [9.17, 15) is 9.59 Å². The number of likely N-dealkylation sites (tertiary alicyclic amines) is 1. The third-order valence-corrected chi connectivity index (χ3v) is 6.69. The third kappa shape index (κ3) is 3.36. The smallest absolute Gasteiger partial charge is 0.260 e. The molecule has 0 bridgehead atoms. The van der Waals surface area contributed by atoms with Gasteiger partial charge >= 0.3 is 0 Å². The Kier molecular flexibility index (Phi) is 4.96. The Balaban J connectivity index is 1.44. The molecule has 1 unspecified atom stereocenters. The second-order valence-corrected chi connectivity index (χ2v) is 8.78. The molecular formula is C21H18ClN5O2S. The summed E-state index contributed by atoms with van der Waals surface area (Å²) in [5.41, 5.74) is 2.25. The second kappa shape index (κ2) is 7.77. The standard InChI is InChI=1S/C21H18ClN5O2S/c22-14-10-8-13(9-11-14)18(28)26-12-4-3-7-17(19(26)29)30-21-25-24-20-23-15-5-1-2-6-16(15)27(20)21/h1-2,5-6,8-11,17H,3-4,7,12H2,(H,23,24). The molecule has 0 aliphatic carbocycles. The van der Waals surface area contributed by atoms with Crippen molar-refractivity contribution in [1.82, 2.24) is 24.5 Å². The predicted molar refractivity (Wildman–Crippen MR) is 116 cm³/mol. The van der Waals surface area contributed by atoms with Gasteiger partial charge in [-0.2, -0.15) is 0 Å². The van der Waals surface area contributed by atoms with Crippen LogP contribution in [-0.4, -0.2) is 48.1 Å². The van der Waals surface area contributed by atoms with Crippen LogP contribution in [0, 0.1) is 0 Å². The lowest BCUT2D eigenvalue weighted by atomic mass is 10.2. The normalized spacial score (nSPS) is 17.6. The molecule has 1 atom stereocenters. The van der Waals surface area contributed by atoms with Crippen molar-refractivity contribution >= 4 is 52.0 Å². The second-order valence-electron chi connectivity index (χ2n) is 7.17. The molecule has 1 fully saturated rings. The van der Waals surface area contributed by atoms with Crippen molar-refractivity contribution in [2.45, 2.75) is 29.7 Å². The summed E-state index contributed by atoms with van der Waals surface area (Å²) in [4.78, 5) is 32.2. The lowest BCUT2D eigenvalue weighted by Crippen LogP contribution is -2.41. The molecule has 1 aliphatic rings. The van der Waals surface area contributed by atoms with E-state index in [1.54, 1.807) is 24.3 Å². The Labute approximate surface area is 181 Å². The maximum absolute atomic E-state index is 13.3. The molecule has 3 heterocycles. The fourth-order valence-electron chi connectivity index (χ4n) is 3.72. The van der Waals surface area contributed by atoms with Crippen LogP contribution < -0.4 is 0 Å². The van der Waals surface area contributed by atoms with Crippen molar-refractivity contribution in [3.8, 4) is 0 Å². The van der Waals surface area contributed by atoms with Gasteiger partial charge in [-0.05, 0) is 49.2 Å². The zero-order chi connectivity index (χ0) is 20.7. The first-order valence-corrected chi connectivity index (χ1v) is 11.0. The van der Waals surface area contributed by atoms with E-state index in [1.165, 1.54) is 16.7 Å². The van der Waals surface area contributed by atoms with E-state index in [0.717, 1.165) is 23.9 Å². The number of imidazole rings is 1. The van der Waals surface area contributed by atoms with E-state index in [1.807, 2.05) is 28.7 Å². The minimum atomic E-state index is -0.392. The van der Waals surface area contributed by atoms with Crippen molar-refractivity contribution in [2.24, 2.45) is 0 Å². The highest BCUT2D eigenvalue weighted by molar-refractivity contribution is 8.00. The van der Waals surface area contributed by atoms with Crippen LogP contribution in [0.3, 0.4) is 0 Å². The predicted octanol–water partition coefficient (Wildman–Crippen LogP) is 4.18. The summed E-state index contributed by atoms with van der Waals surface area (Å²) in [6.45, 7) is 0.418. The number of para-hydroxylation sites is 2. The number of benzene rings is 2. The Bertz CT molecular complexity index is 1250. The highest BCUT2D eigenvalue weighted by Crippen LogP contribution is 2.31. The monoisotopic (exact) mass is 439 g/mol. The molecule has 1 saturated heterocycles. The molecule has 0 spiro atoms. The van der Waals surface area contributed by atoms with Gasteiger partial charge < -0.3 is 0 Å². The van der Waals surface area contributed by atoms with E-state index in [0.29, 0.717) is 34.5 Å². The van der Waals surface area contributed by atoms with Crippen molar-refractivity contribution in [3.05, 3.63) is 59.1 Å². The Morgan fingerprint density at radius 1 is 1.13 bits per heavy atom. The number of nitrogens with one attached hydrogen (secondary N) is 1. The summed E-state index contributed by atoms with van der Waals surface area (Å²) in [6.07, 6.45) is 2.34. The van der Waals surface area contributed by atoms with Gasteiger partial charge in [-0.25, -0.2) is 10.1 Å². The molecule has 9 heteroatoms. The van der Waals surface area contributed by atoms with E-state index < -0.39 is 5.25 Å². The molecule has 1 N–H and O–H groups in total. The minimum Gasteiger partial charge on any atom is -0.278 e. The number of thioether (sulfide) groups is 1. The lowest BCUT2D eigenvalue weighted by Gasteiger charge is -2.22. The minimum absolute atomic E-state index is 0.182.